The van der Waals surface area contributed by atoms with Crippen LogP contribution in [0.1, 0.15) is 25.0 Å². The van der Waals surface area contributed by atoms with Crippen LogP contribution in [-0.2, 0) is 18.9 Å². The maximum atomic E-state index is 14.3. The Balaban J connectivity index is 1.41. The minimum atomic E-state index is -2.03. The van der Waals surface area contributed by atoms with Crippen molar-refractivity contribution in [2.75, 3.05) is 6.61 Å². The number of phenols is 3. The first-order valence-electron chi connectivity index (χ1n) is 16.1. The molecular formula is C33H40O18. The van der Waals surface area contributed by atoms with Gasteiger partial charge in [0.05, 0.1) is 30.5 Å². The number of hydrogen-bond donors (Lipinski definition) is 12. The van der Waals surface area contributed by atoms with Gasteiger partial charge in [-0.2, -0.15) is 0 Å². The number of phenolic OH excluding ortho intramolecular Hbond substituents is 3. The van der Waals surface area contributed by atoms with Crippen LogP contribution < -0.4 is 5.43 Å². The molecule has 3 fully saturated rings. The van der Waals surface area contributed by atoms with E-state index in [-0.39, 0.29) is 22.7 Å². The van der Waals surface area contributed by atoms with Gasteiger partial charge in [-0.25, -0.2) is 0 Å². The van der Waals surface area contributed by atoms with Crippen molar-refractivity contribution in [1.82, 2.24) is 0 Å². The fourth-order valence-corrected chi connectivity index (χ4v) is 6.80. The van der Waals surface area contributed by atoms with E-state index in [4.69, 9.17) is 23.4 Å². The molecule has 51 heavy (non-hydrogen) atoms. The van der Waals surface area contributed by atoms with Crippen molar-refractivity contribution < 1.29 is 84.6 Å². The Morgan fingerprint density at radius 3 is 1.94 bits per heavy atom. The third kappa shape index (κ3) is 6.79. The number of ether oxygens (including phenoxy) is 4. The second-order valence-electron chi connectivity index (χ2n) is 13.0. The van der Waals surface area contributed by atoms with Gasteiger partial charge in [-0.1, -0.05) is 0 Å². The Morgan fingerprint density at radius 1 is 0.686 bits per heavy atom. The van der Waals surface area contributed by atoms with Crippen LogP contribution >= 0.6 is 0 Å². The lowest BCUT2D eigenvalue weighted by Crippen LogP contribution is -2.64. The van der Waals surface area contributed by atoms with Gasteiger partial charge in [0, 0.05) is 24.1 Å². The van der Waals surface area contributed by atoms with Gasteiger partial charge in [-0.05, 0) is 31.2 Å². The van der Waals surface area contributed by atoms with Gasteiger partial charge < -0.3 is 84.6 Å². The summed E-state index contributed by atoms with van der Waals surface area (Å²) in [5.74, 6) is -1.58. The molecule has 0 saturated carbocycles. The molecule has 12 N–H and O–H groups in total. The summed E-state index contributed by atoms with van der Waals surface area (Å²) in [6.45, 7) is 0.565. The molecule has 15 atom stereocenters. The van der Waals surface area contributed by atoms with Crippen LogP contribution in [-0.4, -0.2) is 154 Å². The van der Waals surface area contributed by atoms with Crippen molar-refractivity contribution in [2.24, 2.45) is 0 Å². The van der Waals surface area contributed by atoms with Crippen molar-refractivity contribution in [3.05, 3.63) is 52.2 Å². The zero-order valence-electron chi connectivity index (χ0n) is 26.9. The summed E-state index contributed by atoms with van der Waals surface area (Å²) in [6.07, 6.45) is -25.6. The molecule has 3 aliphatic heterocycles. The summed E-state index contributed by atoms with van der Waals surface area (Å²) in [7, 11) is 0. The fraction of sp³-hybridized carbons (Fsp3) is 0.545. The molecule has 0 aliphatic carbocycles. The Hall–Kier alpha value is -3.47. The number of aliphatic hydroxyl groups excluding tert-OH is 9. The molecule has 18 nitrogen and oxygen atoms in total. The standard InChI is InChI=1S/C33H40O18/c1-10-21(38)26(43)22(39)16(47-10)8-17-23(40)27(44)29(46)33(50-17)51-32-28(45)24(41)18(9-34)49-31(32)20-25(42)19-14(37)6-13(36)7-15(19)48-30(20)11-2-4-12(35)5-3-11/h2-7,10,16-18,21-24,26-29,31-41,43-46H,8-9H2,1H3/t10-,16-,17-,18+,21-,22-,23-,24-,26+,27+,28-,29+,31-,32+,33-/m0/s1. The summed E-state index contributed by atoms with van der Waals surface area (Å²) in [6, 6.07) is 7.17. The van der Waals surface area contributed by atoms with Crippen LogP contribution in [0.15, 0.2) is 45.6 Å². The number of benzene rings is 2. The van der Waals surface area contributed by atoms with Crippen molar-refractivity contribution in [3.8, 4) is 28.6 Å². The van der Waals surface area contributed by atoms with E-state index >= 15 is 0 Å². The Labute approximate surface area is 288 Å². The summed E-state index contributed by atoms with van der Waals surface area (Å²) in [5, 5.41) is 126. The fourth-order valence-electron chi connectivity index (χ4n) is 6.80. The van der Waals surface area contributed by atoms with E-state index < -0.39 is 133 Å². The molecular weight excluding hydrogens is 684 g/mol. The highest BCUT2D eigenvalue weighted by atomic mass is 16.7. The molecule has 0 radical (unpaired) electrons. The van der Waals surface area contributed by atoms with Crippen LogP contribution in [0.3, 0.4) is 0 Å². The van der Waals surface area contributed by atoms with E-state index in [0.717, 1.165) is 12.1 Å². The number of rotatable bonds is 7. The lowest BCUT2D eigenvalue weighted by Gasteiger charge is -2.47. The highest BCUT2D eigenvalue weighted by molar-refractivity contribution is 5.87. The highest BCUT2D eigenvalue weighted by Crippen LogP contribution is 2.42. The van der Waals surface area contributed by atoms with Crippen LogP contribution in [0.2, 0.25) is 0 Å². The first-order valence-corrected chi connectivity index (χ1v) is 16.1. The summed E-state index contributed by atoms with van der Waals surface area (Å²) < 4.78 is 29.3. The molecule has 3 aliphatic rings. The van der Waals surface area contributed by atoms with Crippen molar-refractivity contribution in [2.45, 2.75) is 105 Å². The molecule has 0 bridgehead atoms. The molecule has 18 heteroatoms. The third-order valence-electron chi connectivity index (χ3n) is 9.65. The third-order valence-corrected chi connectivity index (χ3v) is 9.65. The Bertz CT molecular complexity index is 1750. The lowest BCUT2D eigenvalue weighted by atomic mass is 9.87. The van der Waals surface area contributed by atoms with Gasteiger partial charge in [0.25, 0.3) is 0 Å². The van der Waals surface area contributed by atoms with Gasteiger partial charge in [-0.3, -0.25) is 4.79 Å². The average Bonchev–Trinajstić information content (AvgIpc) is 3.09. The Kier molecular flexibility index (Phi) is 10.6. The highest BCUT2D eigenvalue weighted by Gasteiger charge is 2.53. The summed E-state index contributed by atoms with van der Waals surface area (Å²) in [5.41, 5.74) is -1.53. The molecule has 0 unspecified atom stereocenters. The van der Waals surface area contributed by atoms with Crippen LogP contribution in [0.5, 0.6) is 17.2 Å². The Morgan fingerprint density at radius 2 is 1.29 bits per heavy atom. The summed E-state index contributed by atoms with van der Waals surface area (Å²) in [4.78, 5) is 14.3. The number of fused-ring (bicyclic) bond motifs is 1. The zero-order chi connectivity index (χ0) is 37.0. The monoisotopic (exact) mass is 724 g/mol. The maximum Gasteiger partial charge on any atom is 0.203 e. The molecule has 0 spiro atoms. The second-order valence-corrected chi connectivity index (χ2v) is 13.0. The van der Waals surface area contributed by atoms with Crippen LogP contribution in [0.4, 0.5) is 0 Å². The van der Waals surface area contributed by atoms with E-state index in [0.29, 0.717) is 0 Å². The molecule has 2 aromatic carbocycles. The van der Waals surface area contributed by atoms with Gasteiger partial charge in [0.1, 0.15) is 101 Å². The van der Waals surface area contributed by atoms with E-state index in [1.54, 1.807) is 0 Å². The van der Waals surface area contributed by atoms with Crippen molar-refractivity contribution in [3.63, 3.8) is 0 Å². The predicted octanol–water partition coefficient (Wildman–Crippen LogP) is -2.82. The molecule has 280 valence electrons. The minimum absolute atomic E-state index is 0.147. The summed E-state index contributed by atoms with van der Waals surface area (Å²) >= 11 is 0. The molecule has 4 heterocycles. The minimum Gasteiger partial charge on any atom is -0.508 e. The largest absolute Gasteiger partial charge is 0.508 e. The quantitative estimate of drug-likeness (QED) is 0.117. The number of aromatic hydroxyl groups is 3. The van der Waals surface area contributed by atoms with E-state index in [1.165, 1.54) is 31.2 Å². The smallest absolute Gasteiger partial charge is 0.203 e. The van der Waals surface area contributed by atoms with Gasteiger partial charge in [0.15, 0.2) is 6.29 Å². The maximum absolute atomic E-state index is 14.3. The molecule has 6 rings (SSSR count). The SMILES string of the molecule is C[C@@H]1O[C@@H](C[C@@H]2O[C@@H](O[C@@H]3[C@@H](O)[C@@H](O)[C@@H](CO)O[C@H]3c3c(-c4ccc(O)cc4)oc4cc(O)cc(O)c4c3=O)[C@H](O)[C@H](O)[C@H]2O)[C@H](O)[C@H](O)[C@H]1O. The number of aliphatic hydroxyl groups is 9. The molecule has 3 aromatic rings. The zero-order valence-corrected chi connectivity index (χ0v) is 26.9. The molecule has 0 amide bonds. The first kappa shape index (κ1) is 37.3. The van der Waals surface area contributed by atoms with Crippen molar-refractivity contribution in [1.29, 1.82) is 0 Å². The van der Waals surface area contributed by atoms with E-state index in [9.17, 15) is 66.1 Å². The van der Waals surface area contributed by atoms with E-state index in [2.05, 4.69) is 0 Å². The van der Waals surface area contributed by atoms with Crippen LogP contribution in [0, 0.1) is 0 Å². The lowest BCUT2D eigenvalue weighted by molar-refractivity contribution is -0.344. The topological polar surface area (TPSA) is 310 Å². The van der Waals surface area contributed by atoms with Gasteiger partial charge >= 0.3 is 0 Å². The molecule has 3 saturated heterocycles. The van der Waals surface area contributed by atoms with E-state index in [1.807, 2.05) is 0 Å². The number of hydrogen-bond acceptors (Lipinski definition) is 18. The van der Waals surface area contributed by atoms with Crippen LogP contribution in [0.25, 0.3) is 22.3 Å². The van der Waals surface area contributed by atoms with Gasteiger partial charge in [-0.15, -0.1) is 0 Å². The second kappa shape index (κ2) is 14.5. The average molecular weight is 725 g/mol. The van der Waals surface area contributed by atoms with Gasteiger partial charge in [0.2, 0.25) is 5.43 Å². The predicted molar refractivity (Wildman–Crippen MR) is 168 cm³/mol. The normalized spacial score (nSPS) is 38.9. The van der Waals surface area contributed by atoms with Crippen molar-refractivity contribution >= 4 is 11.0 Å². The molecule has 1 aromatic heterocycles. The first-order chi connectivity index (χ1) is 24.1.